The van der Waals surface area contributed by atoms with E-state index in [9.17, 15) is 13.2 Å². The molecule has 29 heavy (non-hydrogen) atoms. The zero-order valence-corrected chi connectivity index (χ0v) is 16.7. The second-order valence-electron chi connectivity index (χ2n) is 6.80. The highest BCUT2D eigenvalue weighted by Gasteiger charge is 2.15. The average Bonchev–Trinajstić information content (AvgIpc) is 2.73. The van der Waals surface area contributed by atoms with E-state index in [1.165, 1.54) is 12.1 Å². The van der Waals surface area contributed by atoms with E-state index in [0.717, 1.165) is 27.9 Å². The van der Waals surface area contributed by atoms with E-state index in [2.05, 4.69) is 0 Å². The SMILES string of the molecule is CCc1cc2cccc(-c3ccc(S(N)(=O)=O)cc3)c2c(=O)n1-c1ccccc1. The summed E-state index contributed by atoms with van der Waals surface area (Å²) in [6.07, 6.45) is 0.716. The van der Waals surface area contributed by atoms with Gasteiger partial charge in [-0.05, 0) is 53.3 Å². The maximum atomic E-state index is 13.6. The molecule has 3 aromatic carbocycles. The molecule has 0 aliphatic rings. The molecule has 0 aliphatic carbocycles. The van der Waals surface area contributed by atoms with Gasteiger partial charge in [0.25, 0.3) is 5.56 Å². The molecular weight excluding hydrogens is 384 g/mol. The third kappa shape index (κ3) is 3.48. The van der Waals surface area contributed by atoms with Gasteiger partial charge in [0, 0.05) is 11.4 Å². The molecule has 0 atom stereocenters. The molecule has 6 heteroatoms. The fourth-order valence-corrected chi connectivity index (χ4v) is 4.12. The minimum atomic E-state index is -3.77. The predicted molar refractivity (Wildman–Crippen MR) is 116 cm³/mol. The molecule has 0 bridgehead atoms. The van der Waals surface area contributed by atoms with Crippen molar-refractivity contribution in [2.24, 2.45) is 5.14 Å². The van der Waals surface area contributed by atoms with Crippen molar-refractivity contribution in [3.8, 4) is 16.8 Å². The molecule has 1 heterocycles. The molecule has 0 saturated carbocycles. The normalized spacial score (nSPS) is 11.7. The van der Waals surface area contributed by atoms with Crippen molar-refractivity contribution >= 4 is 20.8 Å². The number of fused-ring (bicyclic) bond motifs is 1. The van der Waals surface area contributed by atoms with Gasteiger partial charge in [-0.2, -0.15) is 0 Å². The Morgan fingerprint density at radius 1 is 0.897 bits per heavy atom. The van der Waals surface area contributed by atoms with Gasteiger partial charge in [0.15, 0.2) is 0 Å². The van der Waals surface area contributed by atoms with Crippen LogP contribution in [0.4, 0.5) is 0 Å². The molecule has 2 N–H and O–H groups in total. The molecule has 0 fully saturated rings. The van der Waals surface area contributed by atoms with Crippen molar-refractivity contribution in [3.05, 3.63) is 94.9 Å². The third-order valence-electron chi connectivity index (χ3n) is 4.99. The fourth-order valence-electron chi connectivity index (χ4n) is 3.60. The standard InChI is InChI=1S/C23H20N2O3S/c1-2-18-15-17-7-6-10-21(16-11-13-20(14-12-16)29(24,27)28)22(17)23(26)25(18)19-8-4-3-5-9-19/h3-15H,2H2,1H3,(H2,24,27,28). The Bertz CT molecular complexity index is 1360. The molecule has 0 saturated heterocycles. The Balaban J connectivity index is 2.01. The van der Waals surface area contributed by atoms with Gasteiger partial charge in [0.2, 0.25) is 10.0 Å². The molecule has 5 nitrogen and oxygen atoms in total. The van der Waals surface area contributed by atoms with Crippen molar-refractivity contribution in [2.75, 3.05) is 0 Å². The van der Waals surface area contributed by atoms with E-state index < -0.39 is 10.0 Å². The smallest absolute Gasteiger partial charge is 0.263 e. The van der Waals surface area contributed by atoms with Gasteiger partial charge in [-0.25, -0.2) is 13.6 Å². The first kappa shape index (κ1) is 19.1. The number of aromatic nitrogens is 1. The summed E-state index contributed by atoms with van der Waals surface area (Å²) in [4.78, 5) is 13.6. The number of pyridine rings is 1. The van der Waals surface area contributed by atoms with Crippen LogP contribution in [0.2, 0.25) is 0 Å². The van der Waals surface area contributed by atoms with Crippen LogP contribution < -0.4 is 10.7 Å². The van der Waals surface area contributed by atoms with Crippen LogP contribution in [0.3, 0.4) is 0 Å². The second-order valence-corrected chi connectivity index (χ2v) is 8.37. The first-order chi connectivity index (χ1) is 13.9. The van der Waals surface area contributed by atoms with Crippen molar-refractivity contribution in [1.82, 2.24) is 4.57 Å². The van der Waals surface area contributed by atoms with E-state index in [1.807, 2.05) is 61.5 Å². The molecule has 1 aromatic heterocycles. The first-order valence-electron chi connectivity index (χ1n) is 9.26. The van der Waals surface area contributed by atoms with Crippen LogP contribution in [-0.2, 0) is 16.4 Å². The molecule has 0 amide bonds. The quantitative estimate of drug-likeness (QED) is 0.561. The van der Waals surface area contributed by atoms with E-state index in [1.54, 1.807) is 16.7 Å². The van der Waals surface area contributed by atoms with Crippen LogP contribution in [0.5, 0.6) is 0 Å². The number of rotatable bonds is 4. The second kappa shape index (κ2) is 7.31. The lowest BCUT2D eigenvalue weighted by atomic mass is 9.98. The minimum absolute atomic E-state index is 0.0384. The van der Waals surface area contributed by atoms with Crippen molar-refractivity contribution < 1.29 is 8.42 Å². The Labute approximate surface area is 169 Å². The zero-order chi connectivity index (χ0) is 20.6. The van der Waals surface area contributed by atoms with Gasteiger partial charge in [0.05, 0.1) is 10.3 Å². The summed E-state index contributed by atoms with van der Waals surface area (Å²) >= 11 is 0. The molecular formula is C23H20N2O3S. The molecule has 146 valence electrons. The molecule has 0 spiro atoms. The number of hydrogen-bond donors (Lipinski definition) is 1. The van der Waals surface area contributed by atoms with Gasteiger partial charge < -0.3 is 0 Å². The molecule has 4 aromatic rings. The highest BCUT2D eigenvalue weighted by molar-refractivity contribution is 7.89. The van der Waals surface area contributed by atoms with Crippen molar-refractivity contribution in [1.29, 1.82) is 0 Å². The van der Waals surface area contributed by atoms with Crippen LogP contribution in [-0.4, -0.2) is 13.0 Å². The maximum absolute atomic E-state index is 13.6. The number of para-hydroxylation sites is 1. The number of nitrogens with zero attached hydrogens (tertiary/aromatic N) is 1. The molecule has 4 rings (SSSR count). The first-order valence-corrected chi connectivity index (χ1v) is 10.8. The van der Waals surface area contributed by atoms with Crippen LogP contribution in [0, 0.1) is 0 Å². The summed E-state index contributed by atoms with van der Waals surface area (Å²) in [5.41, 5.74) is 3.15. The Morgan fingerprint density at radius 2 is 1.59 bits per heavy atom. The lowest BCUT2D eigenvalue weighted by molar-refractivity contribution is 0.598. The lowest BCUT2D eigenvalue weighted by Crippen LogP contribution is -2.22. The summed E-state index contributed by atoms with van der Waals surface area (Å²) < 4.78 is 24.8. The summed E-state index contributed by atoms with van der Waals surface area (Å²) in [7, 11) is -3.77. The molecule has 0 aliphatic heterocycles. The van der Waals surface area contributed by atoms with Gasteiger partial charge in [-0.15, -0.1) is 0 Å². The molecule has 0 radical (unpaired) electrons. The summed E-state index contributed by atoms with van der Waals surface area (Å²) in [5, 5.41) is 6.64. The Morgan fingerprint density at radius 3 is 2.21 bits per heavy atom. The summed E-state index contributed by atoms with van der Waals surface area (Å²) in [6.45, 7) is 2.02. The number of hydrogen-bond acceptors (Lipinski definition) is 3. The number of nitrogens with two attached hydrogens (primary N) is 1. The predicted octanol–water partition coefficient (Wildman–Crippen LogP) is 3.87. The van der Waals surface area contributed by atoms with E-state index in [-0.39, 0.29) is 10.5 Å². The highest BCUT2D eigenvalue weighted by atomic mass is 32.2. The van der Waals surface area contributed by atoms with Crippen molar-refractivity contribution in [3.63, 3.8) is 0 Å². The fraction of sp³-hybridized carbons (Fsp3) is 0.0870. The van der Waals surface area contributed by atoms with Gasteiger partial charge in [0.1, 0.15) is 0 Å². The van der Waals surface area contributed by atoms with Crippen LogP contribution in [0.15, 0.2) is 88.6 Å². The van der Waals surface area contributed by atoms with Crippen LogP contribution >= 0.6 is 0 Å². The summed E-state index contributed by atoms with van der Waals surface area (Å²) in [5.74, 6) is 0. The number of sulfonamides is 1. The van der Waals surface area contributed by atoms with E-state index in [4.69, 9.17) is 5.14 Å². The Kier molecular flexibility index (Phi) is 4.82. The van der Waals surface area contributed by atoms with E-state index in [0.29, 0.717) is 11.8 Å². The molecule has 0 unspecified atom stereocenters. The largest absolute Gasteiger partial charge is 0.281 e. The summed E-state index contributed by atoms with van der Waals surface area (Å²) in [6, 6.07) is 23.5. The van der Waals surface area contributed by atoms with Crippen LogP contribution in [0.25, 0.3) is 27.6 Å². The highest BCUT2D eigenvalue weighted by Crippen LogP contribution is 2.28. The lowest BCUT2D eigenvalue weighted by Gasteiger charge is -2.15. The van der Waals surface area contributed by atoms with Crippen LogP contribution in [0.1, 0.15) is 12.6 Å². The third-order valence-corrected chi connectivity index (χ3v) is 5.92. The zero-order valence-electron chi connectivity index (χ0n) is 15.9. The van der Waals surface area contributed by atoms with E-state index >= 15 is 0 Å². The van der Waals surface area contributed by atoms with Gasteiger partial charge >= 0.3 is 0 Å². The number of aryl methyl sites for hydroxylation is 1. The average molecular weight is 404 g/mol. The number of primary sulfonamides is 1. The monoisotopic (exact) mass is 404 g/mol. The van der Waals surface area contributed by atoms with Gasteiger partial charge in [-0.3, -0.25) is 9.36 Å². The topological polar surface area (TPSA) is 82.2 Å². The van der Waals surface area contributed by atoms with Crippen molar-refractivity contribution in [2.45, 2.75) is 18.2 Å². The Hall–Kier alpha value is -3.22. The minimum Gasteiger partial charge on any atom is -0.281 e. The number of benzene rings is 3. The maximum Gasteiger partial charge on any atom is 0.263 e. The van der Waals surface area contributed by atoms with Gasteiger partial charge in [-0.1, -0.05) is 55.5 Å².